The lowest BCUT2D eigenvalue weighted by molar-refractivity contribution is -0.384. The van der Waals surface area contributed by atoms with Crippen LogP contribution in [0.2, 0.25) is 0 Å². The Hall–Kier alpha value is -1.79. The van der Waals surface area contributed by atoms with E-state index in [4.69, 9.17) is 0 Å². The fourth-order valence-corrected chi connectivity index (χ4v) is 3.33. The fraction of sp³-hybridized carbons (Fsp3) is 0.400. The molecule has 0 aliphatic heterocycles. The predicted octanol–water partition coefficient (Wildman–Crippen LogP) is 3.60. The van der Waals surface area contributed by atoms with E-state index in [0.29, 0.717) is 18.5 Å². The van der Waals surface area contributed by atoms with Crippen molar-refractivity contribution in [3.05, 3.63) is 56.0 Å². The number of aryl methyl sites for hydroxylation is 1. The number of hydrogen-bond acceptors (Lipinski definition) is 5. The zero-order valence-corrected chi connectivity index (χ0v) is 12.6. The second-order valence-electron chi connectivity index (χ2n) is 5.45. The van der Waals surface area contributed by atoms with Crippen molar-refractivity contribution >= 4 is 17.0 Å². The van der Waals surface area contributed by atoms with E-state index < -0.39 is 0 Å². The Labute approximate surface area is 127 Å². The molecular weight excluding hydrogens is 286 g/mol. The summed E-state index contributed by atoms with van der Waals surface area (Å²) in [5, 5.41) is 17.4. The normalized spacial score (nSPS) is 15.9. The molecule has 0 amide bonds. The van der Waals surface area contributed by atoms with Gasteiger partial charge < -0.3 is 5.32 Å². The molecular formula is C15H17N3O2S. The molecule has 1 N–H and O–H groups in total. The number of nitro groups is 1. The summed E-state index contributed by atoms with van der Waals surface area (Å²) in [5.74, 6) is 0.675. The standard InChI is InChI=1S/C15H17N3O2S/c1-10-9-21-15(17-10)14(12-4-5-12)16-8-11-2-6-13(7-3-11)18(19)20/h2-3,6-7,9,12,14,16H,4-5,8H2,1H3/t14-/m0/s1. The predicted molar refractivity (Wildman–Crippen MR) is 82.3 cm³/mol. The Bertz CT molecular complexity index is 635. The zero-order chi connectivity index (χ0) is 14.8. The number of rotatable bonds is 6. The van der Waals surface area contributed by atoms with Gasteiger partial charge in [0.2, 0.25) is 0 Å². The molecule has 1 fully saturated rings. The van der Waals surface area contributed by atoms with Gasteiger partial charge in [0.05, 0.1) is 11.0 Å². The van der Waals surface area contributed by atoms with Gasteiger partial charge in [0, 0.05) is 29.8 Å². The van der Waals surface area contributed by atoms with Crippen LogP contribution in [0.25, 0.3) is 0 Å². The second kappa shape index (κ2) is 5.91. The van der Waals surface area contributed by atoms with Crippen molar-refractivity contribution in [2.75, 3.05) is 0 Å². The molecule has 1 aromatic heterocycles. The van der Waals surface area contributed by atoms with Crippen LogP contribution in [0.1, 0.15) is 35.1 Å². The molecule has 0 spiro atoms. The maximum Gasteiger partial charge on any atom is 0.269 e. The van der Waals surface area contributed by atoms with E-state index in [-0.39, 0.29) is 10.6 Å². The van der Waals surface area contributed by atoms with Gasteiger partial charge in [-0.3, -0.25) is 10.1 Å². The zero-order valence-electron chi connectivity index (χ0n) is 11.8. The topological polar surface area (TPSA) is 68.1 Å². The molecule has 5 nitrogen and oxygen atoms in total. The van der Waals surface area contributed by atoms with Gasteiger partial charge in [-0.1, -0.05) is 12.1 Å². The number of aromatic nitrogens is 1. The molecule has 1 atom stereocenters. The quantitative estimate of drug-likeness (QED) is 0.654. The number of hydrogen-bond donors (Lipinski definition) is 1. The maximum absolute atomic E-state index is 10.6. The molecule has 2 aromatic rings. The van der Waals surface area contributed by atoms with Crippen molar-refractivity contribution in [2.45, 2.75) is 32.4 Å². The molecule has 0 radical (unpaired) electrons. The summed E-state index contributed by atoms with van der Waals surface area (Å²) < 4.78 is 0. The Kier molecular flexibility index (Phi) is 3.98. The Balaban J connectivity index is 1.65. The highest BCUT2D eigenvalue weighted by Crippen LogP contribution is 2.42. The first kappa shape index (κ1) is 14.2. The highest BCUT2D eigenvalue weighted by molar-refractivity contribution is 7.09. The Morgan fingerprint density at radius 2 is 2.14 bits per heavy atom. The average Bonchev–Trinajstić information content (AvgIpc) is 3.22. The van der Waals surface area contributed by atoms with E-state index in [1.54, 1.807) is 23.5 Å². The minimum atomic E-state index is -0.372. The van der Waals surface area contributed by atoms with Gasteiger partial charge in [-0.2, -0.15) is 0 Å². The largest absolute Gasteiger partial charge is 0.304 e. The van der Waals surface area contributed by atoms with Gasteiger partial charge in [-0.25, -0.2) is 4.98 Å². The average molecular weight is 303 g/mol. The summed E-state index contributed by atoms with van der Waals surface area (Å²) in [7, 11) is 0. The summed E-state index contributed by atoms with van der Waals surface area (Å²) in [6.07, 6.45) is 2.49. The molecule has 6 heteroatoms. The van der Waals surface area contributed by atoms with Crippen LogP contribution in [0.15, 0.2) is 29.6 Å². The maximum atomic E-state index is 10.6. The number of non-ortho nitro benzene ring substituents is 1. The SMILES string of the molecule is Cc1csc([C@@H](NCc2ccc([N+](=O)[O-])cc2)C2CC2)n1. The summed E-state index contributed by atoms with van der Waals surface area (Å²) in [6, 6.07) is 7.02. The van der Waals surface area contributed by atoms with Crippen LogP contribution in [0.4, 0.5) is 5.69 Å². The summed E-state index contributed by atoms with van der Waals surface area (Å²) in [5.41, 5.74) is 2.25. The van der Waals surface area contributed by atoms with Crippen LogP contribution < -0.4 is 5.32 Å². The molecule has 0 bridgehead atoms. The van der Waals surface area contributed by atoms with Gasteiger partial charge in [-0.15, -0.1) is 11.3 Å². The van der Waals surface area contributed by atoms with E-state index in [2.05, 4.69) is 15.7 Å². The molecule has 1 aliphatic carbocycles. The van der Waals surface area contributed by atoms with Crippen molar-refractivity contribution in [1.29, 1.82) is 0 Å². The van der Waals surface area contributed by atoms with Crippen LogP contribution in [0.3, 0.4) is 0 Å². The third-order valence-corrected chi connectivity index (χ3v) is 4.72. The van der Waals surface area contributed by atoms with E-state index in [9.17, 15) is 10.1 Å². The highest BCUT2D eigenvalue weighted by atomic mass is 32.1. The minimum absolute atomic E-state index is 0.132. The molecule has 3 rings (SSSR count). The van der Waals surface area contributed by atoms with Crippen LogP contribution in [-0.4, -0.2) is 9.91 Å². The molecule has 21 heavy (non-hydrogen) atoms. The number of nitro benzene ring substituents is 1. The van der Waals surface area contributed by atoms with E-state index >= 15 is 0 Å². The number of nitrogens with zero attached hydrogens (tertiary/aromatic N) is 2. The lowest BCUT2D eigenvalue weighted by Crippen LogP contribution is -2.22. The van der Waals surface area contributed by atoms with Crippen LogP contribution in [0, 0.1) is 23.0 Å². The summed E-state index contributed by atoms with van der Waals surface area (Å²) in [4.78, 5) is 14.9. The van der Waals surface area contributed by atoms with Crippen molar-refractivity contribution in [3.63, 3.8) is 0 Å². The smallest absolute Gasteiger partial charge is 0.269 e. The van der Waals surface area contributed by atoms with E-state index in [0.717, 1.165) is 16.3 Å². The second-order valence-corrected chi connectivity index (χ2v) is 6.34. The lowest BCUT2D eigenvalue weighted by Gasteiger charge is -2.15. The van der Waals surface area contributed by atoms with Crippen molar-refractivity contribution < 1.29 is 4.92 Å². The number of nitrogens with one attached hydrogen (secondary N) is 1. The first-order valence-electron chi connectivity index (χ1n) is 7.02. The third kappa shape index (κ3) is 3.46. The van der Waals surface area contributed by atoms with E-state index in [1.807, 2.05) is 19.1 Å². The van der Waals surface area contributed by atoms with Gasteiger partial charge >= 0.3 is 0 Å². The minimum Gasteiger partial charge on any atom is -0.304 e. The first-order chi connectivity index (χ1) is 10.1. The third-order valence-electron chi connectivity index (χ3n) is 3.67. The molecule has 1 aromatic carbocycles. The molecule has 1 saturated carbocycles. The first-order valence-corrected chi connectivity index (χ1v) is 7.90. The van der Waals surface area contributed by atoms with Crippen LogP contribution in [0.5, 0.6) is 0 Å². The van der Waals surface area contributed by atoms with Gasteiger partial charge in [0.15, 0.2) is 0 Å². The van der Waals surface area contributed by atoms with Crippen molar-refractivity contribution in [1.82, 2.24) is 10.3 Å². The van der Waals surface area contributed by atoms with Crippen LogP contribution >= 0.6 is 11.3 Å². The fourth-order valence-electron chi connectivity index (χ4n) is 2.36. The molecule has 0 saturated heterocycles. The Morgan fingerprint density at radius 1 is 1.43 bits per heavy atom. The van der Waals surface area contributed by atoms with Gasteiger partial charge in [-0.05, 0) is 31.2 Å². The van der Waals surface area contributed by atoms with Crippen molar-refractivity contribution in [2.24, 2.45) is 5.92 Å². The molecule has 1 heterocycles. The van der Waals surface area contributed by atoms with Crippen LogP contribution in [-0.2, 0) is 6.54 Å². The van der Waals surface area contributed by atoms with Gasteiger partial charge in [0.25, 0.3) is 5.69 Å². The number of thiazole rings is 1. The summed E-state index contributed by atoms with van der Waals surface area (Å²) in [6.45, 7) is 2.72. The number of benzene rings is 1. The van der Waals surface area contributed by atoms with Gasteiger partial charge in [0.1, 0.15) is 5.01 Å². The molecule has 0 unspecified atom stereocenters. The van der Waals surface area contributed by atoms with E-state index in [1.165, 1.54) is 12.8 Å². The highest BCUT2D eigenvalue weighted by Gasteiger charge is 2.33. The molecule has 1 aliphatic rings. The lowest BCUT2D eigenvalue weighted by atomic mass is 10.1. The summed E-state index contributed by atoms with van der Waals surface area (Å²) >= 11 is 1.70. The Morgan fingerprint density at radius 3 is 2.67 bits per heavy atom. The van der Waals surface area contributed by atoms with Crippen molar-refractivity contribution in [3.8, 4) is 0 Å². The monoisotopic (exact) mass is 303 g/mol. The molecule has 110 valence electrons.